The zero-order chi connectivity index (χ0) is 13.4. The Morgan fingerprint density at radius 3 is 2.53 bits per heavy atom. The van der Waals surface area contributed by atoms with Crippen LogP contribution in [0.5, 0.6) is 5.75 Å². The monoisotopic (exact) mass is 259 g/mol. The molecule has 2 heteroatoms. The molecule has 1 aromatic carbocycles. The third-order valence-electron chi connectivity index (χ3n) is 5.03. The number of hydrogen-bond acceptors (Lipinski definition) is 2. The van der Waals surface area contributed by atoms with Gasteiger partial charge in [0.15, 0.2) is 0 Å². The van der Waals surface area contributed by atoms with E-state index in [2.05, 4.69) is 24.8 Å². The van der Waals surface area contributed by atoms with E-state index in [0.29, 0.717) is 23.9 Å². The fourth-order valence-electron chi connectivity index (χ4n) is 4.14. The Balaban J connectivity index is 1.94. The summed E-state index contributed by atoms with van der Waals surface area (Å²) in [6, 6.07) is 7.93. The van der Waals surface area contributed by atoms with Gasteiger partial charge in [0, 0.05) is 18.1 Å². The molecule has 1 N–H and O–H groups in total. The zero-order valence-corrected chi connectivity index (χ0v) is 12.1. The van der Waals surface area contributed by atoms with E-state index in [1.165, 1.54) is 43.2 Å². The van der Waals surface area contributed by atoms with Crippen LogP contribution in [0, 0.1) is 0 Å². The zero-order valence-electron chi connectivity index (χ0n) is 12.1. The van der Waals surface area contributed by atoms with Gasteiger partial charge in [0.05, 0.1) is 0 Å². The fourth-order valence-corrected chi connectivity index (χ4v) is 4.14. The molecule has 3 rings (SSSR count). The Morgan fingerprint density at radius 1 is 1.05 bits per heavy atom. The lowest BCUT2D eigenvalue weighted by molar-refractivity contribution is 0.0460. The lowest BCUT2D eigenvalue weighted by atomic mass is 9.83. The summed E-state index contributed by atoms with van der Waals surface area (Å²) in [7, 11) is 0. The number of phenolic OH excluding ortho intramolecular Hbond substituents is 1. The SMILES string of the molecule is CC1CCCC(C)N1C1CCCc2cc(O)ccc21. The van der Waals surface area contributed by atoms with Gasteiger partial charge >= 0.3 is 0 Å². The Morgan fingerprint density at radius 2 is 1.79 bits per heavy atom. The van der Waals surface area contributed by atoms with Crippen molar-refractivity contribution in [1.82, 2.24) is 4.90 Å². The average Bonchev–Trinajstić information content (AvgIpc) is 2.38. The molecule has 2 aliphatic rings. The molecule has 1 aliphatic heterocycles. The quantitative estimate of drug-likeness (QED) is 0.823. The molecular weight excluding hydrogens is 234 g/mol. The molecule has 0 radical (unpaired) electrons. The van der Waals surface area contributed by atoms with Crippen LogP contribution in [0.4, 0.5) is 0 Å². The predicted octanol–water partition coefficient (Wildman–Crippen LogP) is 4.03. The van der Waals surface area contributed by atoms with Crippen LogP contribution in [0.3, 0.4) is 0 Å². The lowest BCUT2D eigenvalue weighted by Gasteiger charge is -2.46. The van der Waals surface area contributed by atoms with Gasteiger partial charge in [-0.05, 0) is 69.2 Å². The lowest BCUT2D eigenvalue weighted by Crippen LogP contribution is -2.46. The summed E-state index contributed by atoms with van der Waals surface area (Å²) in [5.74, 6) is 0.416. The maximum atomic E-state index is 9.68. The summed E-state index contributed by atoms with van der Waals surface area (Å²) in [6.45, 7) is 4.76. The first kappa shape index (κ1) is 13.0. The molecule has 1 heterocycles. The first-order valence-electron chi connectivity index (χ1n) is 7.76. The maximum Gasteiger partial charge on any atom is 0.115 e. The van der Waals surface area contributed by atoms with Crippen molar-refractivity contribution in [2.24, 2.45) is 0 Å². The van der Waals surface area contributed by atoms with Gasteiger partial charge in [0.2, 0.25) is 0 Å². The molecule has 1 saturated heterocycles. The van der Waals surface area contributed by atoms with Crippen LogP contribution < -0.4 is 0 Å². The second-order valence-electron chi connectivity index (χ2n) is 6.37. The van der Waals surface area contributed by atoms with Crippen LogP contribution in [0.15, 0.2) is 18.2 Å². The van der Waals surface area contributed by atoms with Crippen LogP contribution in [-0.2, 0) is 6.42 Å². The van der Waals surface area contributed by atoms with E-state index in [1.54, 1.807) is 0 Å². The van der Waals surface area contributed by atoms with Crippen molar-refractivity contribution >= 4 is 0 Å². The van der Waals surface area contributed by atoms with E-state index in [-0.39, 0.29) is 0 Å². The van der Waals surface area contributed by atoms with Crippen LogP contribution in [0.2, 0.25) is 0 Å². The van der Waals surface area contributed by atoms with Crippen molar-refractivity contribution in [3.05, 3.63) is 29.3 Å². The number of likely N-dealkylation sites (tertiary alicyclic amines) is 1. The summed E-state index contributed by atoms with van der Waals surface area (Å²) in [5.41, 5.74) is 2.82. The number of piperidine rings is 1. The van der Waals surface area contributed by atoms with Gasteiger partial charge in [-0.2, -0.15) is 0 Å². The molecule has 0 bridgehead atoms. The summed E-state index contributed by atoms with van der Waals surface area (Å²) in [6.07, 6.45) is 7.66. The topological polar surface area (TPSA) is 23.5 Å². The molecule has 2 nitrogen and oxygen atoms in total. The average molecular weight is 259 g/mol. The van der Waals surface area contributed by atoms with E-state index in [1.807, 2.05) is 12.1 Å². The minimum absolute atomic E-state index is 0.416. The Kier molecular flexibility index (Phi) is 3.53. The second-order valence-corrected chi connectivity index (χ2v) is 6.37. The number of aromatic hydroxyl groups is 1. The molecule has 1 aliphatic carbocycles. The number of aryl methyl sites for hydroxylation is 1. The molecule has 1 fully saturated rings. The highest BCUT2D eigenvalue weighted by molar-refractivity contribution is 5.38. The van der Waals surface area contributed by atoms with Gasteiger partial charge in [0.1, 0.15) is 5.75 Å². The molecule has 0 saturated carbocycles. The highest BCUT2D eigenvalue weighted by Crippen LogP contribution is 2.40. The van der Waals surface area contributed by atoms with E-state index in [0.717, 1.165) is 6.42 Å². The number of hydrogen-bond donors (Lipinski definition) is 1. The van der Waals surface area contributed by atoms with E-state index >= 15 is 0 Å². The van der Waals surface area contributed by atoms with Crippen LogP contribution in [0.25, 0.3) is 0 Å². The van der Waals surface area contributed by atoms with Crippen molar-refractivity contribution in [2.45, 2.75) is 70.5 Å². The van der Waals surface area contributed by atoms with Crippen LogP contribution in [-0.4, -0.2) is 22.1 Å². The van der Waals surface area contributed by atoms with Crippen molar-refractivity contribution in [1.29, 1.82) is 0 Å². The first-order chi connectivity index (χ1) is 9.16. The minimum atomic E-state index is 0.416. The van der Waals surface area contributed by atoms with Crippen LogP contribution in [0.1, 0.15) is 63.1 Å². The molecule has 0 spiro atoms. The summed E-state index contributed by atoms with van der Waals surface area (Å²) >= 11 is 0. The predicted molar refractivity (Wildman–Crippen MR) is 78.4 cm³/mol. The number of benzene rings is 1. The standard InChI is InChI=1S/C17H25NO/c1-12-5-3-6-13(2)18(12)17-8-4-7-14-11-15(19)9-10-16(14)17/h9-13,17,19H,3-8H2,1-2H3. The van der Waals surface area contributed by atoms with Gasteiger partial charge in [-0.1, -0.05) is 12.5 Å². The third kappa shape index (κ3) is 2.38. The number of nitrogens with zero attached hydrogens (tertiary/aromatic N) is 1. The maximum absolute atomic E-state index is 9.68. The molecule has 3 unspecified atom stereocenters. The molecule has 0 amide bonds. The largest absolute Gasteiger partial charge is 0.508 e. The van der Waals surface area contributed by atoms with Crippen molar-refractivity contribution < 1.29 is 5.11 Å². The normalized spacial score (nSPS) is 32.0. The highest BCUT2D eigenvalue weighted by Gasteiger charge is 2.34. The number of fused-ring (bicyclic) bond motifs is 1. The summed E-state index contributed by atoms with van der Waals surface area (Å²) in [4.78, 5) is 2.73. The molecule has 0 aromatic heterocycles. The highest BCUT2D eigenvalue weighted by atomic mass is 16.3. The summed E-state index contributed by atoms with van der Waals surface area (Å²) < 4.78 is 0. The van der Waals surface area contributed by atoms with Crippen molar-refractivity contribution in [2.75, 3.05) is 0 Å². The van der Waals surface area contributed by atoms with E-state index in [4.69, 9.17) is 0 Å². The molecule has 19 heavy (non-hydrogen) atoms. The Bertz CT molecular complexity index is 447. The van der Waals surface area contributed by atoms with E-state index in [9.17, 15) is 5.11 Å². The van der Waals surface area contributed by atoms with Crippen LogP contribution >= 0.6 is 0 Å². The molecule has 3 atom stereocenters. The van der Waals surface area contributed by atoms with Crippen molar-refractivity contribution in [3.63, 3.8) is 0 Å². The van der Waals surface area contributed by atoms with Crippen molar-refractivity contribution in [3.8, 4) is 5.75 Å². The smallest absolute Gasteiger partial charge is 0.115 e. The third-order valence-corrected chi connectivity index (χ3v) is 5.03. The molecular formula is C17H25NO. The number of rotatable bonds is 1. The fraction of sp³-hybridized carbons (Fsp3) is 0.647. The van der Waals surface area contributed by atoms with Gasteiger partial charge in [-0.25, -0.2) is 0 Å². The molecule has 1 aromatic rings. The van der Waals surface area contributed by atoms with Gasteiger partial charge < -0.3 is 5.11 Å². The van der Waals surface area contributed by atoms with E-state index < -0.39 is 0 Å². The Hall–Kier alpha value is -1.02. The minimum Gasteiger partial charge on any atom is -0.508 e. The van der Waals surface area contributed by atoms with Gasteiger partial charge in [-0.15, -0.1) is 0 Å². The van der Waals surface area contributed by atoms with Gasteiger partial charge in [0.25, 0.3) is 0 Å². The Labute approximate surface area is 116 Å². The second kappa shape index (κ2) is 5.16. The van der Waals surface area contributed by atoms with Gasteiger partial charge in [-0.3, -0.25) is 4.90 Å². The number of phenols is 1. The summed E-state index contributed by atoms with van der Waals surface area (Å²) in [5, 5.41) is 9.68. The first-order valence-corrected chi connectivity index (χ1v) is 7.76. The molecule has 104 valence electrons.